The van der Waals surface area contributed by atoms with E-state index in [1.165, 1.54) is 36.8 Å². The minimum Gasteiger partial charge on any atom is -0.372 e. The summed E-state index contributed by atoms with van der Waals surface area (Å²) in [5.41, 5.74) is 2.06. The van der Waals surface area contributed by atoms with Crippen molar-refractivity contribution in [2.45, 2.75) is 26.2 Å². The Bertz CT molecular complexity index is 801. The van der Waals surface area contributed by atoms with Gasteiger partial charge in [0, 0.05) is 44.4 Å². The molecule has 1 saturated heterocycles. The number of para-hydroxylation sites is 1. The first-order valence-corrected chi connectivity index (χ1v) is 9.22. The minimum absolute atomic E-state index is 0.0851. The highest BCUT2D eigenvalue weighted by Crippen LogP contribution is 2.22. The average molecular weight is 369 g/mol. The zero-order valence-corrected chi connectivity index (χ0v) is 15.5. The van der Waals surface area contributed by atoms with E-state index in [0.29, 0.717) is 5.69 Å². The fourth-order valence-corrected chi connectivity index (χ4v) is 3.29. The summed E-state index contributed by atoms with van der Waals surface area (Å²) in [7, 11) is 0. The fourth-order valence-electron chi connectivity index (χ4n) is 3.29. The van der Waals surface area contributed by atoms with Crippen molar-refractivity contribution in [1.82, 2.24) is 0 Å². The summed E-state index contributed by atoms with van der Waals surface area (Å²) in [4.78, 5) is 27.7. The molecule has 1 N–H and O–H groups in total. The van der Waals surface area contributed by atoms with Crippen molar-refractivity contribution >= 4 is 28.9 Å². The van der Waals surface area contributed by atoms with Crippen molar-refractivity contribution in [3.8, 4) is 0 Å². The first-order chi connectivity index (χ1) is 13.0. The number of rotatable bonds is 6. The fraction of sp³-hybridized carbons (Fsp3) is 0.333. The Balaban J connectivity index is 1.56. The lowest BCUT2D eigenvalue weighted by molar-refractivity contribution is -0.117. The largest absolute Gasteiger partial charge is 0.372 e. The molecule has 3 rings (SSSR count). The SMILES string of the molecule is CC(=O)N(CCC(=O)Nc1ccc(N2CCCC2)cc1)c1ccccc1F. The molecule has 1 heterocycles. The van der Waals surface area contributed by atoms with Crippen LogP contribution in [0.5, 0.6) is 0 Å². The molecule has 0 aliphatic carbocycles. The van der Waals surface area contributed by atoms with Gasteiger partial charge >= 0.3 is 0 Å². The molecule has 2 aromatic rings. The third-order valence-electron chi connectivity index (χ3n) is 4.71. The standard InChI is InChI=1S/C21H24FN3O2/c1-16(26)25(20-7-3-2-6-19(20)22)15-12-21(27)23-17-8-10-18(11-9-17)24-13-4-5-14-24/h2-3,6-11H,4-5,12-15H2,1H3,(H,23,27). The van der Waals surface area contributed by atoms with E-state index in [1.54, 1.807) is 12.1 Å². The van der Waals surface area contributed by atoms with Crippen molar-refractivity contribution in [3.05, 3.63) is 54.3 Å². The number of hydrogen-bond donors (Lipinski definition) is 1. The van der Waals surface area contributed by atoms with Crippen LogP contribution < -0.4 is 15.1 Å². The lowest BCUT2D eigenvalue weighted by Gasteiger charge is -2.21. The lowest BCUT2D eigenvalue weighted by Crippen LogP contribution is -2.32. The molecule has 142 valence electrons. The Morgan fingerprint density at radius 3 is 2.37 bits per heavy atom. The van der Waals surface area contributed by atoms with Crippen molar-refractivity contribution in [2.24, 2.45) is 0 Å². The van der Waals surface area contributed by atoms with Crippen LogP contribution in [0.2, 0.25) is 0 Å². The van der Waals surface area contributed by atoms with E-state index < -0.39 is 5.82 Å². The highest BCUT2D eigenvalue weighted by atomic mass is 19.1. The van der Waals surface area contributed by atoms with Crippen molar-refractivity contribution in [1.29, 1.82) is 0 Å². The molecule has 0 aromatic heterocycles. The first kappa shape index (κ1) is 18.9. The van der Waals surface area contributed by atoms with Gasteiger partial charge in [-0.05, 0) is 49.2 Å². The van der Waals surface area contributed by atoms with E-state index in [2.05, 4.69) is 10.2 Å². The number of hydrogen-bond acceptors (Lipinski definition) is 3. The van der Waals surface area contributed by atoms with E-state index in [-0.39, 0.29) is 30.5 Å². The zero-order chi connectivity index (χ0) is 19.2. The number of halogens is 1. The minimum atomic E-state index is -0.481. The van der Waals surface area contributed by atoms with Crippen molar-refractivity contribution in [2.75, 3.05) is 34.8 Å². The second-order valence-electron chi connectivity index (χ2n) is 6.66. The third kappa shape index (κ3) is 4.84. The van der Waals surface area contributed by atoms with Crippen molar-refractivity contribution in [3.63, 3.8) is 0 Å². The van der Waals surface area contributed by atoms with Crippen LogP contribution in [0.4, 0.5) is 21.5 Å². The van der Waals surface area contributed by atoms with Gasteiger partial charge in [-0.1, -0.05) is 12.1 Å². The van der Waals surface area contributed by atoms with Gasteiger partial charge in [0.05, 0.1) is 5.69 Å². The van der Waals surface area contributed by atoms with Crippen LogP contribution in [0.15, 0.2) is 48.5 Å². The van der Waals surface area contributed by atoms with E-state index in [4.69, 9.17) is 0 Å². The number of anilines is 3. The highest BCUT2D eigenvalue weighted by Gasteiger charge is 2.17. The summed E-state index contributed by atoms with van der Waals surface area (Å²) in [6.45, 7) is 3.63. The Morgan fingerprint density at radius 2 is 1.74 bits per heavy atom. The summed E-state index contributed by atoms with van der Waals surface area (Å²) in [6.07, 6.45) is 2.52. The van der Waals surface area contributed by atoms with Gasteiger partial charge in [-0.2, -0.15) is 0 Å². The predicted molar refractivity (Wildman–Crippen MR) is 106 cm³/mol. The number of carbonyl (C=O) groups is 2. The molecule has 2 aromatic carbocycles. The first-order valence-electron chi connectivity index (χ1n) is 9.22. The van der Waals surface area contributed by atoms with E-state index in [1.807, 2.05) is 24.3 Å². The lowest BCUT2D eigenvalue weighted by atomic mass is 10.2. The summed E-state index contributed by atoms with van der Waals surface area (Å²) in [5.74, 6) is -1.00. The molecule has 0 spiro atoms. The maximum atomic E-state index is 13.9. The molecular formula is C21H24FN3O2. The summed E-state index contributed by atoms with van der Waals surface area (Å²) >= 11 is 0. The van der Waals surface area contributed by atoms with Crippen LogP contribution in [-0.2, 0) is 9.59 Å². The molecule has 1 aliphatic heterocycles. The van der Waals surface area contributed by atoms with Crippen LogP contribution >= 0.6 is 0 Å². The average Bonchev–Trinajstić information content (AvgIpc) is 3.18. The van der Waals surface area contributed by atoms with E-state index >= 15 is 0 Å². The molecule has 1 aliphatic rings. The molecule has 27 heavy (non-hydrogen) atoms. The Kier molecular flexibility index (Phi) is 6.06. The number of carbonyl (C=O) groups excluding carboxylic acids is 2. The van der Waals surface area contributed by atoms with Crippen LogP contribution in [0, 0.1) is 5.82 Å². The van der Waals surface area contributed by atoms with Gasteiger partial charge in [0.1, 0.15) is 5.82 Å². The highest BCUT2D eigenvalue weighted by molar-refractivity contribution is 5.95. The second kappa shape index (κ2) is 8.66. The van der Waals surface area contributed by atoms with Crippen LogP contribution in [0.1, 0.15) is 26.2 Å². The quantitative estimate of drug-likeness (QED) is 0.842. The van der Waals surface area contributed by atoms with Gasteiger partial charge in [-0.25, -0.2) is 4.39 Å². The monoisotopic (exact) mass is 369 g/mol. The van der Waals surface area contributed by atoms with Crippen LogP contribution in [-0.4, -0.2) is 31.4 Å². The summed E-state index contributed by atoms with van der Waals surface area (Å²) in [5, 5.41) is 2.83. The second-order valence-corrected chi connectivity index (χ2v) is 6.66. The van der Waals surface area contributed by atoms with Gasteiger partial charge in [0.25, 0.3) is 0 Å². The van der Waals surface area contributed by atoms with Gasteiger partial charge in [-0.15, -0.1) is 0 Å². The molecule has 6 heteroatoms. The molecule has 1 fully saturated rings. The smallest absolute Gasteiger partial charge is 0.226 e. The van der Waals surface area contributed by atoms with Gasteiger partial charge in [-0.3, -0.25) is 9.59 Å². The number of nitrogens with zero attached hydrogens (tertiary/aromatic N) is 2. The molecule has 0 radical (unpaired) electrons. The normalized spacial score (nSPS) is 13.5. The van der Waals surface area contributed by atoms with Crippen LogP contribution in [0.3, 0.4) is 0 Å². The van der Waals surface area contributed by atoms with Crippen LogP contribution in [0.25, 0.3) is 0 Å². The Morgan fingerprint density at radius 1 is 1.07 bits per heavy atom. The third-order valence-corrected chi connectivity index (χ3v) is 4.71. The van der Waals surface area contributed by atoms with E-state index in [9.17, 15) is 14.0 Å². The molecule has 0 unspecified atom stereocenters. The molecule has 2 amide bonds. The maximum Gasteiger partial charge on any atom is 0.226 e. The van der Waals surface area contributed by atoms with E-state index in [0.717, 1.165) is 18.8 Å². The number of benzene rings is 2. The van der Waals surface area contributed by atoms with Gasteiger partial charge < -0.3 is 15.1 Å². The Hall–Kier alpha value is -2.89. The van der Waals surface area contributed by atoms with Crippen molar-refractivity contribution < 1.29 is 14.0 Å². The molecular weight excluding hydrogens is 345 g/mol. The van der Waals surface area contributed by atoms with Gasteiger partial charge in [0.2, 0.25) is 11.8 Å². The number of nitrogens with one attached hydrogen (secondary N) is 1. The van der Waals surface area contributed by atoms with Gasteiger partial charge in [0.15, 0.2) is 0 Å². The summed E-state index contributed by atoms with van der Waals surface area (Å²) < 4.78 is 13.9. The molecule has 5 nitrogen and oxygen atoms in total. The molecule has 0 bridgehead atoms. The predicted octanol–water partition coefficient (Wildman–Crippen LogP) is 3.81. The topological polar surface area (TPSA) is 52.7 Å². The zero-order valence-electron chi connectivity index (χ0n) is 15.5. The maximum absolute atomic E-state index is 13.9. The Labute approximate surface area is 158 Å². The summed E-state index contributed by atoms with van der Waals surface area (Å²) in [6, 6.07) is 13.8. The molecule has 0 atom stereocenters. The molecule has 0 saturated carbocycles. The number of amides is 2.